The van der Waals surface area contributed by atoms with Crippen molar-refractivity contribution in [3.63, 3.8) is 0 Å². The highest BCUT2D eigenvalue weighted by Gasteiger charge is 1.86. The lowest BCUT2D eigenvalue weighted by Gasteiger charge is -1.95. The molecule has 77 valence electrons. The van der Waals surface area contributed by atoms with Gasteiger partial charge in [-0.15, -0.1) is 0 Å². The second kappa shape index (κ2) is 11.7. The van der Waals surface area contributed by atoms with Crippen molar-refractivity contribution in [1.82, 2.24) is 0 Å². The number of hydrogen-bond donors (Lipinski definition) is 0. The van der Waals surface area contributed by atoms with Gasteiger partial charge in [0, 0.05) is 0 Å². The van der Waals surface area contributed by atoms with Gasteiger partial charge >= 0.3 is 0 Å². The van der Waals surface area contributed by atoms with E-state index in [1.807, 2.05) is 0 Å². The molecule has 0 rings (SSSR count). The lowest BCUT2D eigenvalue weighted by molar-refractivity contribution is 0.190. The molecule has 0 aliphatic carbocycles. The second-order valence-corrected chi connectivity index (χ2v) is 3.52. The van der Waals surface area contributed by atoms with E-state index in [9.17, 15) is 5.11 Å². The van der Waals surface area contributed by atoms with E-state index in [2.05, 4.69) is 19.1 Å². The van der Waals surface area contributed by atoms with Crippen LogP contribution < -0.4 is 0 Å². The van der Waals surface area contributed by atoms with Crippen molar-refractivity contribution in [3.05, 3.63) is 12.2 Å². The fraction of sp³-hybridized carbons (Fsp3) is 0.833. The minimum atomic E-state index is 0.0703. The van der Waals surface area contributed by atoms with Crippen LogP contribution in [-0.2, 0) is 5.11 Å². The molecule has 0 aliphatic heterocycles. The molecule has 0 saturated heterocycles. The summed E-state index contributed by atoms with van der Waals surface area (Å²) in [5.74, 6) is 0. The van der Waals surface area contributed by atoms with Gasteiger partial charge in [-0.3, -0.25) is 0 Å². The topological polar surface area (TPSA) is 19.9 Å². The van der Waals surface area contributed by atoms with Crippen LogP contribution in [0.3, 0.4) is 0 Å². The molecular weight excluding hydrogens is 160 g/mol. The van der Waals surface area contributed by atoms with Gasteiger partial charge in [-0.25, -0.2) is 5.11 Å². The van der Waals surface area contributed by atoms with Crippen LogP contribution in [0.1, 0.15) is 58.3 Å². The molecule has 0 aromatic carbocycles. The Bertz CT molecular complexity index is 108. The second-order valence-electron chi connectivity index (χ2n) is 3.52. The van der Waals surface area contributed by atoms with Gasteiger partial charge < -0.3 is 0 Å². The Labute approximate surface area is 82.9 Å². The molecular formula is C12H23O. The largest absolute Gasteiger partial charge is 0.237 e. The van der Waals surface area contributed by atoms with Crippen LogP contribution >= 0.6 is 0 Å². The third-order valence-corrected chi connectivity index (χ3v) is 2.16. The first kappa shape index (κ1) is 12.7. The first-order valence-electron chi connectivity index (χ1n) is 5.65. The van der Waals surface area contributed by atoms with Crippen LogP contribution in [0, 0.1) is 0 Å². The first-order valence-corrected chi connectivity index (χ1v) is 5.65. The Balaban J connectivity index is 2.93. The van der Waals surface area contributed by atoms with Gasteiger partial charge in [0.05, 0.1) is 6.61 Å². The van der Waals surface area contributed by atoms with E-state index >= 15 is 0 Å². The molecule has 0 unspecified atom stereocenters. The first-order chi connectivity index (χ1) is 6.41. The molecule has 0 aromatic rings. The van der Waals surface area contributed by atoms with Crippen molar-refractivity contribution < 1.29 is 5.11 Å². The van der Waals surface area contributed by atoms with Crippen molar-refractivity contribution in [2.45, 2.75) is 58.3 Å². The number of unbranched alkanes of at least 4 members (excludes halogenated alkanes) is 6. The van der Waals surface area contributed by atoms with Crippen molar-refractivity contribution >= 4 is 0 Å². The summed E-state index contributed by atoms with van der Waals surface area (Å²) in [4.78, 5) is 0. The van der Waals surface area contributed by atoms with E-state index in [1.165, 1.54) is 38.5 Å². The quantitative estimate of drug-likeness (QED) is 0.378. The zero-order valence-corrected chi connectivity index (χ0v) is 8.93. The highest BCUT2D eigenvalue weighted by atomic mass is 16.2. The van der Waals surface area contributed by atoms with Crippen LogP contribution in [0.2, 0.25) is 0 Å². The zero-order chi connectivity index (χ0) is 9.78. The fourth-order valence-corrected chi connectivity index (χ4v) is 1.30. The summed E-state index contributed by atoms with van der Waals surface area (Å²) >= 11 is 0. The van der Waals surface area contributed by atoms with Gasteiger partial charge in [-0.1, -0.05) is 44.8 Å². The molecule has 0 N–H and O–H groups in total. The Morgan fingerprint density at radius 3 is 2.08 bits per heavy atom. The third kappa shape index (κ3) is 11.7. The Morgan fingerprint density at radius 1 is 0.846 bits per heavy atom. The SMILES string of the molecule is CCCCCCC/C=C/CCC[O]. The molecule has 0 spiro atoms. The highest BCUT2D eigenvalue weighted by molar-refractivity contribution is 4.81. The maximum atomic E-state index is 10.1. The predicted molar refractivity (Wildman–Crippen MR) is 57.3 cm³/mol. The van der Waals surface area contributed by atoms with Crippen LogP contribution in [0.5, 0.6) is 0 Å². The predicted octanol–water partition coefficient (Wildman–Crippen LogP) is 4.11. The summed E-state index contributed by atoms with van der Waals surface area (Å²) in [6.45, 7) is 2.31. The van der Waals surface area contributed by atoms with Crippen molar-refractivity contribution in [2.24, 2.45) is 0 Å². The fourth-order valence-electron chi connectivity index (χ4n) is 1.30. The normalized spacial score (nSPS) is 11.2. The smallest absolute Gasteiger partial charge is 0.0825 e. The molecule has 1 heteroatoms. The minimum Gasteiger partial charge on any atom is -0.237 e. The maximum Gasteiger partial charge on any atom is 0.0825 e. The molecule has 1 nitrogen and oxygen atoms in total. The molecule has 0 amide bonds. The van der Waals surface area contributed by atoms with Gasteiger partial charge in [-0.2, -0.15) is 0 Å². The summed E-state index contributed by atoms with van der Waals surface area (Å²) in [7, 11) is 0. The Kier molecular flexibility index (Phi) is 11.4. The number of hydrogen-bond acceptors (Lipinski definition) is 0. The van der Waals surface area contributed by atoms with Crippen molar-refractivity contribution in [1.29, 1.82) is 0 Å². The van der Waals surface area contributed by atoms with Crippen LogP contribution in [0.25, 0.3) is 0 Å². The summed E-state index contributed by atoms with van der Waals surface area (Å²) in [6.07, 6.45) is 14.1. The number of rotatable bonds is 9. The summed E-state index contributed by atoms with van der Waals surface area (Å²) < 4.78 is 0. The Morgan fingerprint density at radius 2 is 1.46 bits per heavy atom. The summed E-state index contributed by atoms with van der Waals surface area (Å²) in [6, 6.07) is 0. The van der Waals surface area contributed by atoms with Gasteiger partial charge in [0.25, 0.3) is 0 Å². The van der Waals surface area contributed by atoms with E-state index in [-0.39, 0.29) is 6.61 Å². The van der Waals surface area contributed by atoms with Crippen molar-refractivity contribution in [2.75, 3.05) is 6.61 Å². The van der Waals surface area contributed by atoms with E-state index in [0.717, 1.165) is 12.8 Å². The van der Waals surface area contributed by atoms with Crippen LogP contribution in [-0.4, -0.2) is 6.61 Å². The molecule has 13 heavy (non-hydrogen) atoms. The molecule has 0 aromatic heterocycles. The van der Waals surface area contributed by atoms with E-state index in [1.54, 1.807) is 0 Å². The summed E-state index contributed by atoms with van der Waals surface area (Å²) in [5.41, 5.74) is 0. The maximum absolute atomic E-state index is 10.1. The van der Waals surface area contributed by atoms with Crippen molar-refractivity contribution in [3.8, 4) is 0 Å². The highest BCUT2D eigenvalue weighted by Crippen LogP contribution is 2.05. The van der Waals surface area contributed by atoms with E-state index < -0.39 is 0 Å². The standard InChI is InChI=1S/C12H23O/c1-2-3-4-5-6-7-8-9-10-11-12-13/h8-9H,2-7,10-12H2,1H3/b9-8+. The molecule has 1 radical (unpaired) electrons. The number of allylic oxidation sites excluding steroid dienone is 2. The van der Waals surface area contributed by atoms with Gasteiger partial charge in [0.15, 0.2) is 0 Å². The molecule has 0 heterocycles. The lowest BCUT2D eigenvalue weighted by Crippen LogP contribution is -1.78. The Hall–Kier alpha value is -0.300. The molecule has 0 saturated carbocycles. The van der Waals surface area contributed by atoms with Gasteiger partial charge in [-0.05, 0) is 25.7 Å². The molecule has 0 bridgehead atoms. The third-order valence-electron chi connectivity index (χ3n) is 2.16. The van der Waals surface area contributed by atoms with E-state index in [0.29, 0.717) is 0 Å². The monoisotopic (exact) mass is 183 g/mol. The van der Waals surface area contributed by atoms with E-state index in [4.69, 9.17) is 0 Å². The van der Waals surface area contributed by atoms with Gasteiger partial charge in [0.1, 0.15) is 0 Å². The zero-order valence-electron chi connectivity index (χ0n) is 8.93. The molecule has 0 atom stereocenters. The lowest BCUT2D eigenvalue weighted by atomic mass is 10.1. The summed E-state index contributed by atoms with van der Waals surface area (Å²) in [5, 5.41) is 10.1. The molecule has 0 fully saturated rings. The average Bonchev–Trinajstić information content (AvgIpc) is 2.16. The molecule has 0 aliphatic rings. The van der Waals surface area contributed by atoms with Crippen LogP contribution in [0.15, 0.2) is 12.2 Å². The average molecular weight is 183 g/mol. The van der Waals surface area contributed by atoms with Gasteiger partial charge in [0.2, 0.25) is 0 Å². The van der Waals surface area contributed by atoms with Crippen LogP contribution in [0.4, 0.5) is 0 Å². The minimum absolute atomic E-state index is 0.0703.